The number of hydrogen-bond acceptors (Lipinski definition) is 3. The summed E-state index contributed by atoms with van der Waals surface area (Å²) in [6, 6.07) is 8.63. The van der Waals surface area contributed by atoms with Gasteiger partial charge >= 0.3 is 0 Å². The molecule has 0 bridgehead atoms. The number of nitrogens with zero attached hydrogens (tertiary/aromatic N) is 1. The number of aromatic nitrogens is 1. The second-order valence-corrected chi connectivity index (χ2v) is 5.77. The number of nitrogen functional groups attached to an aromatic ring is 1. The average molecular weight is 255 g/mol. The molecule has 3 atom stereocenters. The molecule has 3 nitrogen and oxygen atoms in total. The van der Waals surface area contributed by atoms with Crippen LogP contribution < -0.4 is 11.1 Å². The molecule has 2 aromatic rings. The van der Waals surface area contributed by atoms with Crippen LogP contribution in [0.1, 0.15) is 26.7 Å². The van der Waals surface area contributed by atoms with Gasteiger partial charge in [-0.2, -0.15) is 0 Å². The third-order valence-electron chi connectivity index (χ3n) is 4.61. The standard InChI is InChI=1S/C16H21N3/c1-10-5-7-14(11(10)2)19-15-8-6-13(17)16-12(15)4-3-9-18-16/h3-4,6,8-11,14,19H,5,7,17H2,1-2H3. The number of fused-ring (bicyclic) bond motifs is 1. The van der Waals surface area contributed by atoms with Gasteiger partial charge in [0, 0.05) is 23.3 Å². The zero-order valence-electron chi connectivity index (χ0n) is 11.6. The molecule has 3 N–H and O–H groups in total. The Morgan fingerprint density at radius 1 is 1.21 bits per heavy atom. The number of nitrogens with two attached hydrogens (primary N) is 1. The minimum Gasteiger partial charge on any atom is -0.397 e. The van der Waals surface area contributed by atoms with Crippen LogP contribution in [0.3, 0.4) is 0 Å². The molecule has 1 fully saturated rings. The van der Waals surface area contributed by atoms with E-state index in [4.69, 9.17) is 5.73 Å². The lowest BCUT2D eigenvalue weighted by atomic mass is 9.97. The van der Waals surface area contributed by atoms with Crippen molar-refractivity contribution in [2.45, 2.75) is 32.7 Å². The number of anilines is 2. The summed E-state index contributed by atoms with van der Waals surface area (Å²) in [5, 5.41) is 4.82. The van der Waals surface area contributed by atoms with Crippen LogP contribution in [0.5, 0.6) is 0 Å². The molecule has 1 aromatic carbocycles. The predicted octanol–water partition coefficient (Wildman–Crippen LogP) is 3.66. The molecule has 0 saturated heterocycles. The molecule has 0 aliphatic heterocycles. The summed E-state index contributed by atoms with van der Waals surface area (Å²) in [6.07, 6.45) is 4.35. The van der Waals surface area contributed by atoms with Gasteiger partial charge in [0.15, 0.2) is 0 Å². The smallest absolute Gasteiger partial charge is 0.0951 e. The fourth-order valence-electron chi connectivity index (χ4n) is 3.09. The predicted molar refractivity (Wildman–Crippen MR) is 81.1 cm³/mol. The summed E-state index contributed by atoms with van der Waals surface area (Å²) in [5.41, 5.74) is 8.79. The van der Waals surface area contributed by atoms with Crippen molar-refractivity contribution in [3.63, 3.8) is 0 Å². The van der Waals surface area contributed by atoms with E-state index in [0.717, 1.165) is 28.2 Å². The van der Waals surface area contributed by atoms with Crippen molar-refractivity contribution in [1.29, 1.82) is 0 Å². The molecule has 3 heteroatoms. The molecular weight excluding hydrogens is 234 g/mol. The molecule has 3 rings (SSSR count). The molecule has 1 aliphatic carbocycles. The summed E-state index contributed by atoms with van der Waals surface area (Å²) in [6.45, 7) is 4.68. The first-order valence-corrected chi connectivity index (χ1v) is 7.06. The van der Waals surface area contributed by atoms with Crippen molar-refractivity contribution >= 4 is 22.3 Å². The molecule has 0 spiro atoms. The van der Waals surface area contributed by atoms with E-state index >= 15 is 0 Å². The normalized spacial score (nSPS) is 26.7. The summed E-state index contributed by atoms with van der Waals surface area (Å²) in [4.78, 5) is 4.38. The molecule has 1 saturated carbocycles. The zero-order valence-corrected chi connectivity index (χ0v) is 11.6. The Labute approximate surface area is 114 Å². The van der Waals surface area contributed by atoms with E-state index < -0.39 is 0 Å². The topological polar surface area (TPSA) is 50.9 Å². The van der Waals surface area contributed by atoms with Gasteiger partial charge in [0.2, 0.25) is 0 Å². The highest BCUT2D eigenvalue weighted by Crippen LogP contribution is 2.35. The van der Waals surface area contributed by atoms with Gasteiger partial charge in [-0.15, -0.1) is 0 Å². The first kappa shape index (κ1) is 12.3. The Bertz CT molecular complexity index is 594. The maximum atomic E-state index is 5.99. The third kappa shape index (κ3) is 2.14. The second kappa shape index (κ2) is 4.72. The van der Waals surface area contributed by atoms with E-state index in [-0.39, 0.29) is 0 Å². The Kier molecular flexibility index (Phi) is 3.05. The van der Waals surface area contributed by atoms with Gasteiger partial charge < -0.3 is 11.1 Å². The molecule has 100 valence electrons. The SMILES string of the molecule is CC1CCC(Nc2ccc(N)c3ncccc23)C1C. The molecule has 3 unspecified atom stereocenters. The van der Waals surface area contributed by atoms with Crippen molar-refractivity contribution in [2.24, 2.45) is 11.8 Å². The Hall–Kier alpha value is -1.77. The van der Waals surface area contributed by atoms with Crippen molar-refractivity contribution < 1.29 is 0 Å². The largest absolute Gasteiger partial charge is 0.397 e. The fraction of sp³-hybridized carbons (Fsp3) is 0.438. The molecular formula is C16H21N3. The average Bonchev–Trinajstić information content (AvgIpc) is 2.74. The second-order valence-electron chi connectivity index (χ2n) is 5.77. The van der Waals surface area contributed by atoms with Gasteiger partial charge in [0.1, 0.15) is 0 Å². The van der Waals surface area contributed by atoms with E-state index in [1.54, 1.807) is 6.20 Å². The van der Waals surface area contributed by atoms with Crippen LogP contribution in [0.4, 0.5) is 11.4 Å². The van der Waals surface area contributed by atoms with Gasteiger partial charge in [0.05, 0.1) is 11.2 Å². The lowest BCUT2D eigenvalue weighted by molar-refractivity contribution is 0.435. The van der Waals surface area contributed by atoms with Crippen molar-refractivity contribution in [3.8, 4) is 0 Å². The Morgan fingerprint density at radius 3 is 2.79 bits per heavy atom. The first-order chi connectivity index (χ1) is 9.16. The third-order valence-corrected chi connectivity index (χ3v) is 4.61. The number of nitrogens with one attached hydrogen (secondary N) is 1. The monoisotopic (exact) mass is 255 g/mol. The number of hydrogen-bond donors (Lipinski definition) is 2. The quantitative estimate of drug-likeness (QED) is 0.805. The summed E-state index contributed by atoms with van der Waals surface area (Å²) < 4.78 is 0. The van der Waals surface area contributed by atoms with Crippen LogP contribution >= 0.6 is 0 Å². The van der Waals surface area contributed by atoms with Crippen molar-refractivity contribution in [3.05, 3.63) is 30.5 Å². The van der Waals surface area contributed by atoms with E-state index in [0.29, 0.717) is 12.0 Å². The minimum atomic E-state index is 0.557. The van der Waals surface area contributed by atoms with Crippen LogP contribution in [0, 0.1) is 11.8 Å². The number of rotatable bonds is 2. The van der Waals surface area contributed by atoms with Gasteiger partial charge in [-0.05, 0) is 48.9 Å². The fourth-order valence-corrected chi connectivity index (χ4v) is 3.09. The highest BCUT2D eigenvalue weighted by atomic mass is 14.9. The van der Waals surface area contributed by atoms with Crippen LogP contribution in [-0.2, 0) is 0 Å². The summed E-state index contributed by atoms with van der Waals surface area (Å²) in [7, 11) is 0. The van der Waals surface area contributed by atoms with Crippen LogP contribution in [-0.4, -0.2) is 11.0 Å². The van der Waals surface area contributed by atoms with Gasteiger partial charge in [-0.1, -0.05) is 13.8 Å². The van der Waals surface area contributed by atoms with E-state index in [9.17, 15) is 0 Å². The van der Waals surface area contributed by atoms with E-state index in [1.165, 1.54) is 12.8 Å². The van der Waals surface area contributed by atoms with Crippen LogP contribution in [0.2, 0.25) is 0 Å². The molecule has 0 radical (unpaired) electrons. The van der Waals surface area contributed by atoms with Crippen molar-refractivity contribution in [2.75, 3.05) is 11.1 Å². The number of benzene rings is 1. The molecule has 1 heterocycles. The van der Waals surface area contributed by atoms with Gasteiger partial charge in [-0.25, -0.2) is 0 Å². The maximum absolute atomic E-state index is 5.99. The lowest BCUT2D eigenvalue weighted by Crippen LogP contribution is -2.24. The van der Waals surface area contributed by atoms with Crippen molar-refractivity contribution in [1.82, 2.24) is 4.98 Å². The van der Waals surface area contributed by atoms with E-state index in [2.05, 4.69) is 36.3 Å². The van der Waals surface area contributed by atoms with Gasteiger partial charge in [0.25, 0.3) is 0 Å². The maximum Gasteiger partial charge on any atom is 0.0951 e. The van der Waals surface area contributed by atoms with E-state index in [1.807, 2.05) is 12.1 Å². The van der Waals surface area contributed by atoms with Crippen LogP contribution in [0.15, 0.2) is 30.5 Å². The molecule has 19 heavy (non-hydrogen) atoms. The minimum absolute atomic E-state index is 0.557. The zero-order chi connectivity index (χ0) is 13.4. The van der Waals surface area contributed by atoms with Crippen LogP contribution in [0.25, 0.3) is 10.9 Å². The Morgan fingerprint density at radius 2 is 2.05 bits per heavy atom. The Balaban J connectivity index is 1.96. The molecule has 0 amide bonds. The van der Waals surface area contributed by atoms with Gasteiger partial charge in [-0.3, -0.25) is 4.98 Å². The molecule has 1 aromatic heterocycles. The first-order valence-electron chi connectivity index (χ1n) is 7.06. The highest BCUT2D eigenvalue weighted by molar-refractivity contribution is 5.98. The highest BCUT2D eigenvalue weighted by Gasteiger charge is 2.29. The molecule has 1 aliphatic rings. The number of pyridine rings is 1. The summed E-state index contributed by atoms with van der Waals surface area (Å²) >= 11 is 0. The summed E-state index contributed by atoms with van der Waals surface area (Å²) in [5.74, 6) is 1.51. The lowest BCUT2D eigenvalue weighted by Gasteiger charge is -2.22.